The smallest absolute Gasteiger partial charge is 0.303 e. The second-order valence-corrected chi connectivity index (χ2v) is 1.07. The molecule has 0 aliphatic carbocycles. The average molecular weight is 109 g/mol. The molecule has 0 aliphatic rings. The monoisotopic (exact) mass is 109 g/mol. The van der Waals surface area contributed by atoms with Crippen LogP contribution in [0.5, 0.6) is 0 Å². The van der Waals surface area contributed by atoms with Crippen LogP contribution in [0.15, 0.2) is 0 Å². The van der Waals surface area contributed by atoms with E-state index in [9.17, 15) is 9.59 Å². The number of carbonyl (C=O) groups excluding carboxylic acids is 2. The molecule has 0 saturated carbocycles. The molecule has 0 atom stereocenters. The number of carbonyl (C=O) groups is 2. The molecule has 3 heteroatoms. The van der Waals surface area contributed by atoms with Gasteiger partial charge in [-0.15, -0.1) is 0 Å². The Morgan fingerprint density at radius 2 is 2.14 bits per heavy atom. The number of ketones is 1. The zero-order valence-electron chi connectivity index (χ0n) is 4.60. The first-order valence-electron chi connectivity index (χ1n) is 1.70. The molecule has 0 aliphatic heterocycles. The van der Waals surface area contributed by atoms with Crippen LogP contribution in [0.3, 0.4) is 0 Å². The molecule has 0 aromatic carbocycles. The minimum Gasteiger partial charge on any atom is -0.303 e. The molecule has 0 N–H and O–H groups in total. The van der Waals surface area contributed by atoms with Gasteiger partial charge in [-0.05, 0) is 6.92 Å². The average Bonchev–Trinajstić information content (AvgIpc) is 1.35. The summed E-state index contributed by atoms with van der Waals surface area (Å²) >= 11 is 0. The molecule has 0 fully saturated rings. The molecular weight excluding hydrogens is 103 g/mol. The van der Waals surface area contributed by atoms with Gasteiger partial charge in [-0.25, -0.2) is 0 Å². The Bertz CT molecular complexity index is 70.1. The topological polar surface area (TPSA) is 34.1 Å². The maximum atomic E-state index is 9.81. The van der Waals surface area contributed by atoms with E-state index in [0.29, 0.717) is 6.29 Å². The molecule has 0 saturated heterocycles. The van der Waals surface area contributed by atoms with Crippen molar-refractivity contribution in [3.8, 4) is 0 Å². The summed E-state index contributed by atoms with van der Waals surface area (Å²) in [5, 5.41) is 0. The number of aldehydes is 1. The Kier molecular flexibility index (Phi) is 9.37. The maximum Gasteiger partial charge on any atom is 1.00 e. The van der Waals surface area contributed by atoms with E-state index in [4.69, 9.17) is 0 Å². The summed E-state index contributed by atoms with van der Waals surface area (Å²) in [6, 6.07) is 0. The fraction of sp³-hybridized carbons (Fsp3) is 0.500. The van der Waals surface area contributed by atoms with E-state index >= 15 is 0 Å². The third kappa shape index (κ3) is 10.7. The van der Waals surface area contributed by atoms with Crippen LogP contribution in [-0.4, -0.2) is 12.1 Å². The Labute approximate surface area is 64.6 Å². The molecule has 0 bridgehead atoms. The fourth-order valence-electron chi connectivity index (χ4n) is 0.117. The Morgan fingerprint density at radius 3 is 2.14 bits per heavy atom. The third-order valence-electron chi connectivity index (χ3n) is 0.371. The molecule has 2 nitrogen and oxygen atoms in total. The van der Waals surface area contributed by atoms with Crippen molar-refractivity contribution in [1.29, 1.82) is 0 Å². The molecule has 34 valence electrons. The van der Waals surface area contributed by atoms with Crippen LogP contribution in [0.25, 0.3) is 0 Å². The first kappa shape index (κ1) is 10.3. The summed E-state index contributed by atoms with van der Waals surface area (Å²) in [7, 11) is 0. The van der Waals surface area contributed by atoms with Crippen molar-refractivity contribution in [2.24, 2.45) is 0 Å². The largest absolute Gasteiger partial charge is 1.00 e. The van der Waals surface area contributed by atoms with Gasteiger partial charge in [0.25, 0.3) is 0 Å². The molecule has 0 radical (unpaired) electrons. The van der Waals surface area contributed by atoms with Gasteiger partial charge in [0.1, 0.15) is 12.1 Å². The summed E-state index contributed by atoms with van der Waals surface area (Å²) in [5.41, 5.74) is 0. The zero-order chi connectivity index (χ0) is 4.99. The second kappa shape index (κ2) is 6.34. The van der Waals surface area contributed by atoms with Crippen LogP contribution in [0.2, 0.25) is 0 Å². The van der Waals surface area contributed by atoms with Gasteiger partial charge in [0.15, 0.2) is 0 Å². The minimum absolute atomic E-state index is 0. The third-order valence-corrected chi connectivity index (χ3v) is 0.371. The number of Topliss-reactive ketones (excluding diaryl/α,β-unsaturated/α-hetero) is 1. The van der Waals surface area contributed by atoms with E-state index in [0.717, 1.165) is 0 Å². The second-order valence-electron chi connectivity index (χ2n) is 1.07. The quantitative estimate of drug-likeness (QED) is 0.217. The summed E-state index contributed by atoms with van der Waals surface area (Å²) < 4.78 is 0. The molecule has 0 aromatic heterocycles. The van der Waals surface area contributed by atoms with Gasteiger partial charge in [0.05, 0.1) is 6.42 Å². The van der Waals surface area contributed by atoms with E-state index in [1.807, 2.05) is 0 Å². The number of rotatable bonds is 2. The zero-order valence-corrected chi connectivity index (χ0v) is 6.60. The van der Waals surface area contributed by atoms with Crippen LogP contribution in [0.4, 0.5) is 0 Å². The Morgan fingerprint density at radius 1 is 1.71 bits per heavy atom. The summed E-state index contributed by atoms with van der Waals surface area (Å²) in [5.74, 6) is -0.0787. The van der Waals surface area contributed by atoms with Crippen molar-refractivity contribution in [3.63, 3.8) is 0 Å². The van der Waals surface area contributed by atoms with E-state index < -0.39 is 0 Å². The van der Waals surface area contributed by atoms with Crippen LogP contribution in [0.1, 0.15) is 13.3 Å². The van der Waals surface area contributed by atoms with Crippen molar-refractivity contribution in [2.45, 2.75) is 13.3 Å². The van der Waals surface area contributed by atoms with Crippen LogP contribution < -0.4 is 29.6 Å². The Balaban J connectivity index is 0. The van der Waals surface area contributed by atoms with Gasteiger partial charge in [-0.2, -0.15) is 0 Å². The van der Waals surface area contributed by atoms with Gasteiger partial charge in [0.2, 0.25) is 0 Å². The standard InChI is InChI=1S/C4H6O2.Na/c1-4(6)2-3-5;/h3H,2H2,1H3;/q;+1. The van der Waals surface area contributed by atoms with Gasteiger partial charge < -0.3 is 4.79 Å². The molecule has 7 heavy (non-hydrogen) atoms. The molecule has 0 heterocycles. The number of hydrogen-bond donors (Lipinski definition) is 0. The summed E-state index contributed by atoms with van der Waals surface area (Å²) in [4.78, 5) is 19.2. The van der Waals surface area contributed by atoms with E-state index in [2.05, 4.69) is 0 Å². The van der Waals surface area contributed by atoms with Gasteiger partial charge in [-0.3, -0.25) is 4.79 Å². The van der Waals surface area contributed by atoms with Gasteiger partial charge in [-0.1, -0.05) is 0 Å². The van der Waals surface area contributed by atoms with Crippen molar-refractivity contribution < 1.29 is 39.1 Å². The van der Waals surface area contributed by atoms with Crippen molar-refractivity contribution in [1.82, 2.24) is 0 Å². The van der Waals surface area contributed by atoms with Gasteiger partial charge >= 0.3 is 29.6 Å². The van der Waals surface area contributed by atoms with Crippen LogP contribution >= 0.6 is 0 Å². The molecule has 0 spiro atoms. The van der Waals surface area contributed by atoms with Gasteiger partial charge in [0, 0.05) is 0 Å². The predicted molar refractivity (Wildman–Crippen MR) is 21.4 cm³/mol. The maximum absolute atomic E-state index is 9.81. The molecule has 0 rings (SSSR count). The summed E-state index contributed by atoms with van der Waals surface area (Å²) in [6.45, 7) is 1.38. The predicted octanol–water partition coefficient (Wildman–Crippen LogP) is -2.83. The molecule has 0 aromatic rings. The van der Waals surface area contributed by atoms with Crippen molar-refractivity contribution in [3.05, 3.63) is 0 Å². The molecule has 0 unspecified atom stereocenters. The first-order chi connectivity index (χ1) is 2.77. The van der Waals surface area contributed by atoms with Crippen LogP contribution in [0, 0.1) is 0 Å². The van der Waals surface area contributed by atoms with Crippen LogP contribution in [-0.2, 0) is 9.59 Å². The Hall–Kier alpha value is 0.340. The van der Waals surface area contributed by atoms with E-state index in [1.54, 1.807) is 0 Å². The fourth-order valence-corrected chi connectivity index (χ4v) is 0.117. The molecular formula is C4H6NaO2+. The summed E-state index contributed by atoms with van der Waals surface area (Å²) in [6.07, 6.45) is 0.655. The van der Waals surface area contributed by atoms with Crippen molar-refractivity contribution in [2.75, 3.05) is 0 Å². The normalized spacial score (nSPS) is 6.43. The molecule has 0 amide bonds. The van der Waals surface area contributed by atoms with Crippen molar-refractivity contribution >= 4 is 12.1 Å². The first-order valence-corrected chi connectivity index (χ1v) is 1.70. The van der Waals surface area contributed by atoms with E-state index in [-0.39, 0.29) is 41.8 Å². The minimum atomic E-state index is -0.0787. The van der Waals surface area contributed by atoms with E-state index in [1.165, 1.54) is 6.92 Å². The SMILES string of the molecule is CC(=O)CC=O.[Na+]. The number of hydrogen-bond acceptors (Lipinski definition) is 2.